The topological polar surface area (TPSA) is 84.9 Å². The quantitative estimate of drug-likeness (QED) is 0.559. The van der Waals surface area contributed by atoms with E-state index in [1.54, 1.807) is 24.3 Å². The van der Waals surface area contributed by atoms with Crippen molar-refractivity contribution in [3.05, 3.63) is 42.5 Å². The molecule has 6 heteroatoms. The van der Waals surface area contributed by atoms with Crippen LogP contribution in [0.15, 0.2) is 36.9 Å². The third kappa shape index (κ3) is 5.82. The number of hydrogen-bond acceptors (Lipinski definition) is 4. The van der Waals surface area contributed by atoms with E-state index in [0.29, 0.717) is 23.6 Å². The number of rotatable bonds is 8. The van der Waals surface area contributed by atoms with Crippen LogP contribution in [0, 0.1) is 0 Å². The van der Waals surface area contributed by atoms with Crippen LogP contribution in [0.3, 0.4) is 0 Å². The van der Waals surface area contributed by atoms with Gasteiger partial charge in [-0.1, -0.05) is 6.08 Å². The van der Waals surface area contributed by atoms with Crippen molar-refractivity contribution in [1.82, 2.24) is 5.32 Å². The maximum atomic E-state index is 11.5. The van der Waals surface area contributed by atoms with Gasteiger partial charge in [0, 0.05) is 24.3 Å². The average Bonchev–Trinajstić information content (AvgIpc) is 2.48. The molecule has 0 spiro atoms. The van der Waals surface area contributed by atoms with Gasteiger partial charge in [0.2, 0.25) is 0 Å². The first-order valence-electron chi connectivity index (χ1n) is 6.16. The Morgan fingerprint density at radius 3 is 2.81 bits per heavy atom. The highest BCUT2D eigenvalue weighted by atomic mass is 16.5. The number of carbonyl (C=O) groups is 2. The Bertz CT molecular complexity index is 551. The van der Waals surface area contributed by atoms with Gasteiger partial charge < -0.3 is 19.9 Å². The lowest BCUT2D eigenvalue weighted by atomic mass is 10.1. The van der Waals surface area contributed by atoms with Crippen LogP contribution in [0.1, 0.15) is 5.56 Å². The van der Waals surface area contributed by atoms with E-state index in [2.05, 4.69) is 11.9 Å². The highest BCUT2D eigenvalue weighted by Gasteiger charge is 2.07. The molecule has 1 aromatic carbocycles. The van der Waals surface area contributed by atoms with E-state index in [4.69, 9.17) is 14.6 Å². The summed E-state index contributed by atoms with van der Waals surface area (Å²) in [5.74, 6) is -0.462. The second-order valence-electron chi connectivity index (χ2n) is 3.96. The predicted molar refractivity (Wildman–Crippen MR) is 78.4 cm³/mol. The van der Waals surface area contributed by atoms with Gasteiger partial charge >= 0.3 is 5.97 Å². The van der Waals surface area contributed by atoms with Crippen molar-refractivity contribution in [3.8, 4) is 11.5 Å². The molecule has 21 heavy (non-hydrogen) atoms. The van der Waals surface area contributed by atoms with Gasteiger partial charge in [0.15, 0.2) is 6.61 Å². The van der Waals surface area contributed by atoms with E-state index in [1.807, 2.05) is 0 Å². The zero-order valence-electron chi connectivity index (χ0n) is 11.7. The van der Waals surface area contributed by atoms with Crippen molar-refractivity contribution in [2.75, 3.05) is 20.3 Å². The molecule has 2 N–H and O–H groups in total. The van der Waals surface area contributed by atoms with Crippen LogP contribution in [0.5, 0.6) is 11.5 Å². The van der Waals surface area contributed by atoms with Gasteiger partial charge in [-0.05, 0) is 18.2 Å². The third-order valence-corrected chi connectivity index (χ3v) is 2.43. The molecule has 0 aromatic heterocycles. The minimum atomic E-state index is -1.07. The lowest BCUT2D eigenvalue weighted by Crippen LogP contribution is -2.28. The first kappa shape index (κ1) is 16.3. The highest BCUT2D eigenvalue weighted by molar-refractivity contribution is 5.86. The van der Waals surface area contributed by atoms with Crippen LogP contribution in [0.4, 0.5) is 0 Å². The molecule has 0 atom stereocenters. The van der Waals surface area contributed by atoms with Gasteiger partial charge in [-0.3, -0.25) is 4.79 Å². The number of methoxy groups -OCH3 is 1. The van der Waals surface area contributed by atoms with E-state index in [0.717, 1.165) is 6.08 Å². The summed E-state index contributed by atoms with van der Waals surface area (Å²) < 4.78 is 10.5. The number of ether oxygens (including phenoxy) is 2. The molecule has 0 saturated heterocycles. The molecule has 112 valence electrons. The maximum absolute atomic E-state index is 11.5. The first-order chi connectivity index (χ1) is 10.1. The Hall–Kier alpha value is -2.76. The molecule has 0 fully saturated rings. The summed E-state index contributed by atoms with van der Waals surface area (Å²) in [6.45, 7) is 3.66. The zero-order chi connectivity index (χ0) is 15.7. The summed E-state index contributed by atoms with van der Waals surface area (Å²) in [7, 11) is 1.50. The van der Waals surface area contributed by atoms with E-state index in [1.165, 1.54) is 13.2 Å². The summed E-state index contributed by atoms with van der Waals surface area (Å²) in [4.78, 5) is 22.0. The zero-order valence-corrected chi connectivity index (χ0v) is 11.7. The smallest absolute Gasteiger partial charge is 0.328 e. The van der Waals surface area contributed by atoms with Gasteiger partial charge in [-0.2, -0.15) is 0 Å². The molecule has 0 heterocycles. The molecule has 1 amide bonds. The second-order valence-corrected chi connectivity index (χ2v) is 3.96. The molecule has 0 aliphatic carbocycles. The molecule has 6 nitrogen and oxygen atoms in total. The van der Waals surface area contributed by atoms with Gasteiger partial charge in [0.25, 0.3) is 5.91 Å². The van der Waals surface area contributed by atoms with Crippen LogP contribution in [0.25, 0.3) is 6.08 Å². The van der Waals surface area contributed by atoms with Gasteiger partial charge in [-0.25, -0.2) is 4.79 Å². The number of amides is 1. The van der Waals surface area contributed by atoms with E-state index < -0.39 is 5.97 Å². The van der Waals surface area contributed by atoms with E-state index in [9.17, 15) is 9.59 Å². The van der Waals surface area contributed by atoms with Crippen molar-refractivity contribution in [1.29, 1.82) is 0 Å². The number of hydrogen-bond donors (Lipinski definition) is 2. The first-order valence-corrected chi connectivity index (χ1v) is 6.16. The lowest BCUT2D eigenvalue weighted by molar-refractivity contribution is -0.131. The molecular formula is C15H17NO5. The van der Waals surface area contributed by atoms with Crippen molar-refractivity contribution in [3.63, 3.8) is 0 Å². The molecule has 1 rings (SSSR count). The van der Waals surface area contributed by atoms with E-state index >= 15 is 0 Å². The van der Waals surface area contributed by atoms with Crippen molar-refractivity contribution < 1.29 is 24.2 Å². The molecule has 0 radical (unpaired) electrons. The van der Waals surface area contributed by atoms with Crippen LogP contribution in [-0.4, -0.2) is 37.2 Å². The Balaban J connectivity index is 2.83. The lowest BCUT2D eigenvalue weighted by Gasteiger charge is -2.10. The van der Waals surface area contributed by atoms with Crippen molar-refractivity contribution in [2.24, 2.45) is 0 Å². The number of aliphatic carboxylic acids is 1. The van der Waals surface area contributed by atoms with Crippen LogP contribution in [0.2, 0.25) is 0 Å². The SMILES string of the molecule is C=CCNC(=O)COc1cc(OC)ccc1C=CC(=O)O. The Kier molecular flexibility index (Phi) is 6.53. The Morgan fingerprint density at radius 2 is 2.19 bits per heavy atom. The number of nitrogens with one attached hydrogen (secondary N) is 1. The van der Waals surface area contributed by atoms with Crippen molar-refractivity contribution in [2.45, 2.75) is 0 Å². The summed E-state index contributed by atoms with van der Waals surface area (Å²) in [6, 6.07) is 4.91. The summed E-state index contributed by atoms with van der Waals surface area (Å²) in [6.07, 6.45) is 3.94. The van der Waals surface area contributed by atoms with Gasteiger partial charge in [-0.15, -0.1) is 6.58 Å². The maximum Gasteiger partial charge on any atom is 0.328 e. The Morgan fingerprint density at radius 1 is 1.43 bits per heavy atom. The van der Waals surface area contributed by atoms with Crippen LogP contribution < -0.4 is 14.8 Å². The molecule has 0 bridgehead atoms. The summed E-state index contributed by atoms with van der Waals surface area (Å²) in [5, 5.41) is 11.2. The second kappa shape index (κ2) is 8.42. The molecule has 0 unspecified atom stereocenters. The number of carboxylic acid groups (broad SMARTS) is 1. The van der Waals surface area contributed by atoms with E-state index in [-0.39, 0.29) is 12.5 Å². The van der Waals surface area contributed by atoms with Crippen LogP contribution >= 0.6 is 0 Å². The molecule has 0 saturated carbocycles. The standard InChI is InChI=1S/C15H17NO5/c1-3-8-16-14(17)10-21-13-9-12(20-2)6-4-11(13)5-7-15(18)19/h3-7,9H,1,8,10H2,2H3,(H,16,17)(H,18,19). The minimum absolute atomic E-state index is 0.186. The fraction of sp³-hybridized carbons (Fsp3) is 0.200. The molecular weight excluding hydrogens is 274 g/mol. The predicted octanol–water partition coefficient (Wildman–Crippen LogP) is 1.47. The average molecular weight is 291 g/mol. The third-order valence-electron chi connectivity index (χ3n) is 2.43. The molecule has 0 aliphatic rings. The largest absolute Gasteiger partial charge is 0.497 e. The number of carbonyl (C=O) groups excluding carboxylic acids is 1. The van der Waals surface area contributed by atoms with Gasteiger partial charge in [0.1, 0.15) is 11.5 Å². The van der Waals surface area contributed by atoms with Gasteiger partial charge in [0.05, 0.1) is 7.11 Å². The summed E-state index contributed by atoms with van der Waals surface area (Å²) >= 11 is 0. The molecule has 0 aliphatic heterocycles. The van der Waals surface area contributed by atoms with Crippen molar-refractivity contribution >= 4 is 18.0 Å². The summed E-state index contributed by atoms with van der Waals surface area (Å²) in [5.41, 5.74) is 0.537. The monoisotopic (exact) mass is 291 g/mol. The minimum Gasteiger partial charge on any atom is -0.497 e. The normalized spacial score (nSPS) is 10.1. The fourth-order valence-corrected chi connectivity index (χ4v) is 1.45. The fourth-order valence-electron chi connectivity index (χ4n) is 1.45. The van der Waals surface area contributed by atoms with Crippen LogP contribution in [-0.2, 0) is 9.59 Å². The Labute approximate surface area is 122 Å². The number of benzene rings is 1. The molecule has 1 aromatic rings. The number of carboxylic acids is 1. The highest BCUT2D eigenvalue weighted by Crippen LogP contribution is 2.26.